The molecule has 183 valence electrons. The Hall–Kier alpha value is -0.976. The van der Waals surface area contributed by atoms with Crippen LogP contribution in [0.4, 0.5) is 0 Å². The number of carbonyl (C=O) groups is 2. The van der Waals surface area contributed by atoms with Crippen LogP contribution in [-0.2, 0) is 53.5 Å². The van der Waals surface area contributed by atoms with Gasteiger partial charge in [-0.05, 0) is 44.5 Å². The molecule has 1 aromatic rings. The third kappa shape index (κ3) is 11.8. The largest absolute Gasteiger partial charge is 0.494 e. The number of methoxy groups -OCH3 is 1. The van der Waals surface area contributed by atoms with Gasteiger partial charge in [0.2, 0.25) is 5.91 Å². The van der Waals surface area contributed by atoms with Gasteiger partial charge < -0.3 is 26.2 Å². The van der Waals surface area contributed by atoms with Gasteiger partial charge in [0.15, 0.2) is 0 Å². The molecule has 7 heteroatoms. The zero-order valence-electron chi connectivity index (χ0n) is 21.7. The molecular formula is C25H44N2O4Y-2. The van der Waals surface area contributed by atoms with Crippen LogP contribution in [0.2, 0.25) is 0 Å². The summed E-state index contributed by atoms with van der Waals surface area (Å²) in [6.07, 6.45) is 0.571. The Morgan fingerprint density at radius 2 is 1.59 bits per heavy atom. The maximum atomic E-state index is 12.9. The number of rotatable bonds is 10. The first-order valence-corrected chi connectivity index (χ1v) is 11.1. The fraction of sp³-hybridized carbons (Fsp3) is 0.600. The molecular weight excluding hydrogens is 481 g/mol. The Balaban J connectivity index is -0.00000159. The van der Waals surface area contributed by atoms with E-state index < -0.39 is 11.6 Å². The first-order chi connectivity index (χ1) is 14.7. The molecule has 2 unspecified atom stereocenters. The Morgan fingerprint density at radius 3 is 2.00 bits per heavy atom. The monoisotopic (exact) mass is 525 g/mol. The van der Waals surface area contributed by atoms with Crippen molar-refractivity contribution in [2.45, 2.75) is 72.9 Å². The normalized spacial score (nSPS) is 12.5. The number of hydrogen-bond acceptors (Lipinski definition) is 5. The molecule has 1 rings (SSSR count). The summed E-state index contributed by atoms with van der Waals surface area (Å²) in [5, 5.41) is 0. The Labute approximate surface area is 222 Å². The van der Waals surface area contributed by atoms with Crippen LogP contribution in [-0.4, -0.2) is 60.6 Å². The maximum Gasteiger partial charge on any atom is 0.307 e. The summed E-state index contributed by atoms with van der Waals surface area (Å²) in [4.78, 5) is 28.1. The SMILES string of the molecule is CC.CC.[CH2-]C(C(=O)N(C)C(C)(CC(=O)OC)Cc1ccc(OCC)cc1)N([CH2-])CC.[Y]. The molecule has 0 aromatic heterocycles. The van der Waals surface area contributed by atoms with Crippen molar-refractivity contribution in [2.75, 3.05) is 27.3 Å². The third-order valence-electron chi connectivity index (χ3n) is 4.84. The van der Waals surface area contributed by atoms with Crippen molar-refractivity contribution in [2.24, 2.45) is 0 Å². The maximum absolute atomic E-state index is 12.9. The topological polar surface area (TPSA) is 59.1 Å². The van der Waals surface area contributed by atoms with E-state index in [9.17, 15) is 9.59 Å². The molecule has 1 aromatic carbocycles. The van der Waals surface area contributed by atoms with Gasteiger partial charge in [-0.25, -0.2) is 0 Å². The average molecular weight is 526 g/mol. The van der Waals surface area contributed by atoms with Gasteiger partial charge in [-0.15, -0.1) is 0 Å². The molecule has 2 atom stereocenters. The van der Waals surface area contributed by atoms with E-state index in [0.717, 1.165) is 11.3 Å². The van der Waals surface area contributed by atoms with Crippen LogP contribution in [0.1, 0.15) is 60.5 Å². The minimum atomic E-state index is -0.762. The number of amides is 1. The summed E-state index contributed by atoms with van der Waals surface area (Å²) in [5.74, 6) is 0.226. The fourth-order valence-electron chi connectivity index (χ4n) is 2.86. The van der Waals surface area contributed by atoms with Crippen LogP contribution in [0.15, 0.2) is 24.3 Å². The molecule has 0 saturated heterocycles. The van der Waals surface area contributed by atoms with Crippen LogP contribution in [0.5, 0.6) is 5.75 Å². The summed E-state index contributed by atoms with van der Waals surface area (Å²) in [5.41, 5.74) is 0.231. The first-order valence-electron chi connectivity index (χ1n) is 11.1. The second-order valence-electron chi connectivity index (χ2n) is 6.82. The van der Waals surface area contributed by atoms with Gasteiger partial charge in [0.25, 0.3) is 0 Å². The molecule has 0 aliphatic heterocycles. The Bertz CT molecular complexity index is 625. The fourth-order valence-corrected chi connectivity index (χ4v) is 2.86. The molecule has 0 fully saturated rings. The molecule has 6 nitrogen and oxygen atoms in total. The van der Waals surface area contributed by atoms with Crippen LogP contribution in [0, 0.1) is 14.0 Å². The van der Waals surface area contributed by atoms with Crippen LogP contribution in [0.25, 0.3) is 0 Å². The van der Waals surface area contributed by atoms with Crippen LogP contribution >= 0.6 is 0 Å². The van der Waals surface area contributed by atoms with Crippen molar-refractivity contribution in [1.82, 2.24) is 9.80 Å². The molecule has 32 heavy (non-hydrogen) atoms. The summed E-state index contributed by atoms with van der Waals surface area (Å²) >= 11 is 0. The number of carbonyl (C=O) groups excluding carboxylic acids is 2. The molecule has 0 aliphatic rings. The van der Waals surface area contributed by atoms with Gasteiger partial charge in [-0.3, -0.25) is 16.6 Å². The van der Waals surface area contributed by atoms with Gasteiger partial charge in [0.05, 0.1) is 25.7 Å². The predicted octanol–water partition coefficient (Wildman–Crippen LogP) is 4.77. The third-order valence-corrected chi connectivity index (χ3v) is 4.84. The summed E-state index contributed by atoms with van der Waals surface area (Å²) < 4.78 is 10.3. The quantitative estimate of drug-likeness (QED) is 0.325. The molecule has 1 radical (unpaired) electrons. The van der Waals surface area contributed by atoms with Gasteiger partial charge in [0.1, 0.15) is 5.75 Å². The standard InChI is InChI=1S/C21H32N2O4.2C2H6.Y/c1-8-22(5)16(3)20(25)23(6)21(4,15-19(24)26-7)14-17-10-12-18(13-11-17)27-9-2;2*1-2;/h10-13,16H,3,5,8-9,14-15H2,1-2,4,6-7H3;2*1-2H3;/q-2;;;. The van der Waals surface area contributed by atoms with Gasteiger partial charge >= 0.3 is 5.97 Å². The van der Waals surface area contributed by atoms with Crippen molar-refractivity contribution in [3.63, 3.8) is 0 Å². The number of hydrogen-bond donors (Lipinski definition) is 0. The van der Waals surface area contributed by atoms with Crippen molar-refractivity contribution in [1.29, 1.82) is 0 Å². The number of ether oxygens (including phenoxy) is 2. The van der Waals surface area contributed by atoms with E-state index in [1.807, 2.05) is 72.7 Å². The van der Waals surface area contributed by atoms with E-state index in [0.29, 0.717) is 19.6 Å². The molecule has 1 amide bonds. The number of likely N-dealkylation sites (N-methyl/N-ethyl adjacent to an activating group) is 2. The second kappa shape index (κ2) is 19.5. The molecule has 0 saturated carbocycles. The van der Waals surface area contributed by atoms with E-state index >= 15 is 0 Å². The zero-order valence-corrected chi connectivity index (χ0v) is 24.6. The Kier molecular flexibility index (Phi) is 21.7. The molecule has 0 aliphatic carbocycles. The van der Waals surface area contributed by atoms with Gasteiger partial charge in [-0.1, -0.05) is 52.8 Å². The minimum Gasteiger partial charge on any atom is -0.494 e. The molecule has 0 heterocycles. The second-order valence-corrected chi connectivity index (χ2v) is 6.82. The number of esters is 1. The summed E-state index contributed by atoms with van der Waals surface area (Å²) in [7, 11) is 6.89. The van der Waals surface area contributed by atoms with Crippen molar-refractivity contribution in [3.8, 4) is 5.75 Å². The minimum absolute atomic E-state index is 0. The Morgan fingerprint density at radius 1 is 1.09 bits per heavy atom. The van der Waals surface area contributed by atoms with E-state index in [1.165, 1.54) is 7.11 Å². The van der Waals surface area contributed by atoms with E-state index in [4.69, 9.17) is 9.47 Å². The molecule has 0 spiro atoms. The zero-order chi connectivity index (χ0) is 24.6. The average Bonchev–Trinajstić information content (AvgIpc) is 2.80. The predicted molar refractivity (Wildman–Crippen MR) is 129 cm³/mol. The number of benzene rings is 1. The van der Waals surface area contributed by atoms with Gasteiger partial charge in [0, 0.05) is 39.8 Å². The number of nitrogens with zero attached hydrogens (tertiary/aromatic N) is 2. The molecule has 0 N–H and O–H groups in total. The van der Waals surface area contributed by atoms with Gasteiger partial charge in [-0.2, -0.15) is 0 Å². The van der Waals surface area contributed by atoms with Crippen molar-refractivity contribution >= 4 is 11.9 Å². The smallest absolute Gasteiger partial charge is 0.307 e. The first kappa shape index (κ1) is 35.6. The van der Waals surface area contributed by atoms with E-state index in [-0.39, 0.29) is 51.0 Å². The van der Waals surface area contributed by atoms with E-state index in [1.54, 1.807) is 16.8 Å². The molecule has 0 bridgehead atoms. The van der Waals surface area contributed by atoms with Crippen molar-refractivity contribution < 1.29 is 51.8 Å². The van der Waals surface area contributed by atoms with Crippen molar-refractivity contribution in [3.05, 3.63) is 43.8 Å². The van der Waals surface area contributed by atoms with Crippen LogP contribution in [0.3, 0.4) is 0 Å². The summed E-state index contributed by atoms with van der Waals surface area (Å²) in [6, 6.07) is 7.04. The van der Waals surface area contributed by atoms with Crippen LogP contribution < -0.4 is 4.74 Å². The van der Waals surface area contributed by atoms with E-state index in [2.05, 4.69) is 14.0 Å². The summed E-state index contributed by atoms with van der Waals surface area (Å²) in [6.45, 7) is 18.8.